The van der Waals surface area contributed by atoms with Crippen LogP contribution in [0.1, 0.15) is 30.5 Å². The smallest absolute Gasteiger partial charge is 0.241 e. The Morgan fingerprint density at radius 2 is 1.63 bits per heavy atom. The summed E-state index contributed by atoms with van der Waals surface area (Å²) in [6, 6.07) is 3.24. The summed E-state index contributed by atoms with van der Waals surface area (Å²) in [4.78, 5) is 0.317. The van der Waals surface area contributed by atoms with E-state index < -0.39 is 16.1 Å². The average Bonchev–Trinajstić information content (AvgIpc) is 2.23. The van der Waals surface area contributed by atoms with Crippen molar-refractivity contribution < 1.29 is 13.5 Å². The van der Waals surface area contributed by atoms with E-state index >= 15 is 0 Å². The van der Waals surface area contributed by atoms with E-state index in [1.165, 1.54) is 0 Å². The van der Waals surface area contributed by atoms with Gasteiger partial charge in [0.2, 0.25) is 10.0 Å². The predicted molar refractivity (Wildman–Crippen MR) is 76.7 cm³/mol. The number of nitrogens with one attached hydrogen (secondary N) is 1. The van der Waals surface area contributed by atoms with E-state index in [4.69, 9.17) is 0 Å². The second kappa shape index (κ2) is 6.03. The van der Waals surface area contributed by atoms with Crippen LogP contribution in [0.2, 0.25) is 0 Å². The highest BCUT2D eigenvalue weighted by atomic mass is 32.2. The van der Waals surface area contributed by atoms with Gasteiger partial charge < -0.3 is 5.11 Å². The first-order valence-electron chi connectivity index (χ1n) is 6.40. The second-order valence-corrected chi connectivity index (χ2v) is 7.03. The Morgan fingerprint density at radius 1 is 1.16 bits per heavy atom. The number of hydrogen-bond donors (Lipinski definition) is 2. The number of aryl methyl sites for hydroxylation is 3. The van der Waals surface area contributed by atoms with E-state index in [0.29, 0.717) is 4.90 Å². The summed E-state index contributed by atoms with van der Waals surface area (Å²) in [7, 11) is -3.60. The van der Waals surface area contributed by atoms with Gasteiger partial charge in [0.05, 0.1) is 11.5 Å². The number of sulfonamides is 1. The fourth-order valence-electron chi connectivity index (χ4n) is 2.23. The van der Waals surface area contributed by atoms with Crippen molar-refractivity contribution in [1.29, 1.82) is 0 Å². The fraction of sp³-hybridized carbons (Fsp3) is 0.571. The summed E-state index contributed by atoms with van der Waals surface area (Å²) in [5, 5.41) is 9.26. The maximum atomic E-state index is 12.4. The van der Waals surface area contributed by atoms with Crippen LogP contribution < -0.4 is 4.72 Å². The van der Waals surface area contributed by atoms with Crippen LogP contribution in [0.4, 0.5) is 0 Å². The summed E-state index contributed by atoms with van der Waals surface area (Å²) in [6.45, 7) is 9.06. The van der Waals surface area contributed by atoms with Gasteiger partial charge in [-0.05, 0) is 37.8 Å². The number of hydrogen-bond acceptors (Lipinski definition) is 3. The first-order chi connectivity index (χ1) is 8.69. The summed E-state index contributed by atoms with van der Waals surface area (Å²) >= 11 is 0. The van der Waals surface area contributed by atoms with Gasteiger partial charge in [-0.25, -0.2) is 13.1 Å². The fourth-order valence-corrected chi connectivity index (χ4v) is 4.06. The van der Waals surface area contributed by atoms with Crippen LogP contribution in [0.25, 0.3) is 0 Å². The van der Waals surface area contributed by atoms with E-state index in [2.05, 4.69) is 4.72 Å². The third kappa shape index (κ3) is 3.78. The van der Waals surface area contributed by atoms with Crippen LogP contribution in [-0.2, 0) is 10.0 Å². The Bertz CT molecular complexity index is 527. The molecule has 2 N–H and O–H groups in total. The van der Waals surface area contributed by atoms with Gasteiger partial charge in [-0.2, -0.15) is 0 Å². The van der Waals surface area contributed by atoms with Gasteiger partial charge in [-0.1, -0.05) is 31.5 Å². The molecule has 4 nitrogen and oxygen atoms in total. The molecular formula is C14H23NO3S. The van der Waals surface area contributed by atoms with Gasteiger partial charge in [0.1, 0.15) is 0 Å². The van der Waals surface area contributed by atoms with Crippen LogP contribution >= 0.6 is 0 Å². The predicted octanol–water partition coefficient (Wildman–Crippen LogP) is 1.91. The molecule has 0 spiro atoms. The summed E-state index contributed by atoms with van der Waals surface area (Å²) < 4.78 is 27.5. The van der Waals surface area contributed by atoms with Crippen LogP contribution in [0, 0.1) is 26.7 Å². The highest BCUT2D eigenvalue weighted by Gasteiger charge is 2.24. The lowest BCUT2D eigenvalue weighted by Crippen LogP contribution is -2.41. The molecule has 0 saturated heterocycles. The van der Waals surface area contributed by atoms with Crippen molar-refractivity contribution in [2.24, 2.45) is 5.92 Å². The lowest BCUT2D eigenvalue weighted by atomic mass is 10.1. The van der Waals surface area contributed by atoms with Crippen LogP contribution in [0.15, 0.2) is 17.0 Å². The Hall–Kier alpha value is -0.910. The number of rotatable bonds is 5. The molecule has 0 bridgehead atoms. The molecule has 0 fully saturated rings. The van der Waals surface area contributed by atoms with Crippen molar-refractivity contribution in [3.63, 3.8) is 0 Å². The average molecular weight is 285 g/mol. The van der Waals surface area contributed by atoms with Gasteiger partial charge in [0, 0.05) is 6.04 Å². The second-order valence-electron chi connectivity index (χ2n) is 5.38. The van der Waals surface area contributed by atoms with E-state index in [1.807, 2.05) is 32.9 Å². The molecule has 0 aliphatic rings. The van der Waals surface area contributed by atoms with Crippen molar-refractivity contribution in [2.45, 2.75) is 45.6 Å². The first kappa shape index (κ1) is 16.1. The number of aliphatic hydroxyl groups excluding tert-OH is 1. The van der Waals surface area contributed by atoms with E-state index in [1.54, 1.807) is 13.8 Å². The summed E-state index contributed by atoms with van der Waals surface area (Å²) in [5.41, 5.74) is 2.49. The van der Waals surface area contributed by atoms with Crippen molar-refractivity contribution in [1.82, 2.24) is 4.72 Å². The molecule has 0 unspecified atom stereocenters. The third-order valence-electron chi connectivity index (χ3n) is 3.18. The highest BCUT2D eigenvalue weighted by molar-refractivity contribution is 7.89. The zero-order valence-corrected chi connectivity index (χ0v) is 13.0. The standard InChI is InChI=1S/C14H23NO3S/c1-9(2)13(8-16)15-19(17,18)14-11(4)6-10(3)7-12(14)5/h6-7,9,13,15-16H,8H2,1-5H3/t13-/m1/s1. The zero-order valence-electron chi connectivity index (χ0n) is 12.2. The molecule has 1 aromatic rings. The first-order valence-corrected chi connectivity index (χ1v) is 7.88. The molecule has 0 heterocycles. The van der Waals surface area contributed by atoms with E-state index in [0.717, 1.165) is 16.7 Å². The van der Waals surface area contributed by atoms with E-state index in [9.17, 15) is 13.5 Å². The van der Waals surface area contributed by atoms with Crippen LogP contribution in [-0.4, -0.2) is 26.2 Å². The normalized spacial score (nSPS) is 13.8. The molecule has 1 rings (SSSR count). The molecule has 108 valence electrons. The van der Waals surface area contributed by atoms with Crippen LogP contribution in [0.3, 0.4) is 0 Å². The van der Waals surface area contributed by atoms with Gasteiger partial charge in [0.25, 0.3) is 0 Å². The van der Waals surface area contributed by atoms with Gasteiger partial charge in [-0.15, -0.1) is 0 Å². The molecule has 0 amide bonds. The minimum absolute atomic E-state index is 0.0332. The largest absolute Gasteiger partial charge is 0.395 e. The third-order valence-corrected chi connectivity index (χ3v) is 4.98. The van der Waals surface area contributed by atoms with Crippen molar-refractivity contribution >= 4 is 10.0 Å². The molecule has 19 heavy (non-hydrogen) atoms. The molecule has 1 atom stereocenters. The Labute approximate surface area is 115 Å². The molecule has 5 heteroatoms. The summed E-state index contributed by atoms with van der Waals surface area (Å²) in [5.74, 6) is 0.0332. The van der Waals surface area contributed by atoms with Crippen molar-refractivity contribution in [3.05, 3.63) is 28.8 Å². The number of aliphatic hydroxyl groups is 1. The maximum absolute atomic E-state index is 12.4. The Balaban J connectivity index is 3.21. The zero-order chi connectivity index (χ0) is 14.8. The molecule has 0 aliphatic carbocycles. The lowest BCUT2D eigenvalue weighted by Gasteiger charge is -2.21. The summed E-state index contributed by atoms with van der Waals surface area (Å²) in [6.07, 6.45) is 0. The monoisotopic (exact) mass is 285 g/mol. The molecule has 0 aliphatic heterocycles. The highest BCUT2D eigenvalue weighted by Crippen LogP contribution is 2.22. The molecule has 0 saturated carbocycles. The van der Waals surface area contributed by atoms with Gasteiger partial charge >= 0.3 is 0 Å². The Kier molecular flexibility index (Phi) is 5.12. The SMILES string of the molecule is Cc1cc(C)c(S(=O)(=O)N[C@H](CO)C(C)C)c(C)c1. The lowest BCUT2D eigenvalue weighted by molar-refractivity contribution is 0.227. The maximum Gasteiger partial charge on any atom is 0.241 e. The minimum Gasteiger partial charge on any atom is -0.395 e. The van der Waals surface area contributed by atoms with Gasteiger partial charge in [-0.3, -0.25) is 0 Å². The molecule has 1 aromatic carbocycles. The van der Waals surface area contributed by atoms with Crippen molar-refractivity contribution in [2.75, 3.05) is 6.61 Å². The Morgan fingerprint density at radius 3 is 2.00 bits per heavy atom. The quantitative estimate of drug-likeness (QED) is 0.868. The van der Waals surface area contributed by atoms with Gasteiger partial charge in [0.15, 0.2) is 0 Å². The number of benzene rings is 1. The minimum atomic E-state index is -3.60. The topological polar surface area (TPSA) is 66.4 Å². The molecule has 0 radical (unpaired) electrons. The molecular weight excluding hydrogens is 262 g/mol. The van der Waals surface area contributed by atoms with Crippen LogP contribution in [0.5, 0.6) is 0 Å². The van der Waals surface area contributed by atoms with Crippen molar-refractivity contribution in [3.8, 4) is 0 Å². The van der Waals surface area contributed by atoms with E-state index in [-0.39, 0.29) is 12.5 Å². The molecule has 0 aromatic heterocycles.